The number of nitrogens with zero attached hydrogens (tertiary/aromatic N) is 1. The van der Waals surface area contributed by atoms with Gasteiger partial charge < -0.3 is 10.1 Å². The number of rotatable bonds is 7. The number of aromatic nitrogens is 1. The Bertz CT molecular complexity index is 969. The topological polar surface area (TPSA) is 51.2 Å². The summed E-state index contributed by atoms with van der Waals surface area (Å²) in [6.45, 7) is 2.41. The van der Waals surface area contributed by atoms with Crippen LogP contribution in [0, 0.1) is 5.82 Å². The Labute approximate surface area is 157 Å². The molecule has 1 aromatic heterocycles. The highest BCUT2D eigenvalue weighted by atomic mass is 19.1. The van der Waals surface area contributed by atoms with E-state index in [1.165, 1.54) is 0 Å². The van der Waals surface area contributed by atoms with Crippen LogP contribution in [0.25, 0.3) is 10.9 Å². The number of nitrogens with one attached hydrogen (secondary N) is 1. The number of carbonyl (C=O) groups excluding carboxylic acids is 1. The minimum atomic E-state index is -0.453. The fourth-order valence-corrected chi connectivity index (χ4v) is 2.67. The monoisotopic (exact) mass is 364 g/mol. The zero-order valence-corrected chi connectivity index (χ0v) is 15.1. The zero-order valence-electron chi connectivity index (χ0n) is 15.1. The second-order valence-corrected chi connectivity index (χ2v) is 6.01. The van der Waals surface area contributed by atoms with Crippen LogP contribution in [0.1, 0.15) is 29.3 Å². The van der Waals surface area contributed by atoms with Gasteiger partial charge in [-0.2, -0.15) is 0 Å². The highest BCUT2D eigenvalue weighted by Gasteiger charge is 2.11. The van der Waals surface area contributed by atoms with Gasteiger partial charge in [-0.1, -0.05) is 37.3 Å². The van der Waals surface area contributed by atoms with E-state index in [2.05, 4.69) is 10.3 Å². The molecule has 1 N–H and O–H groups in total. The number of allylic oxidation sites excluding steroid dienone is 1. The number of hydrogen-bond acceptors (Lipinski definition) is 3. The minimum Gasteiger partial charge on any atom is -0.486 e. The number of hydrogen-bond donors (Lipinski definition) is 1. The van der Waals surface area contributed by atoms with E-state index in [1.54, 1.807) is 42.6 Å². The number of benzene rings is 2. The molecule has 0 atom stereocenters. The molecule has 0 unspecified atom stereocenters. The van der Waals surface area contributed by atoms with Crippen LogP contribution < -0.4 is 10.1 Å². The molecule has 0 aliphatic carbocycles. The third-order valence-electron chi connectivity index (χ3n) is 4.09. The molecule has 1 amide bonds. The van der Waals surface area contributed by atoms with Crippen molar-refractivity contribution < 1.29 is 13.9 Å². The Morgan fingerprint density at radius 1 is 1.19 bits per heavy atom. The van der Waals surface area contributed by atoms with E-state index < -0.39 is 5.82 Å². The molecule has 3 aromatic rings. The third kappa shape index (κ3) is 4.70. The Balaban J connectivity index is 1.66. The summed E-state index contributed by atoms with van der Waals surface area (Å²) in [5.74, 6) is -0.540. The van der Waals surface area contributed by atoms with E-state index >= 15 is 0 Å². The second-order valence-electron chi connectivity index (χ2n) is 6.01. The van der Waals surface area contributed by atoms with E-state index in [-0.39, 0.29) is 18.2 Å². The number of amides is 1. The lowest BCUT2D eigenvalue weighted by molar-refractivity contribution is 0.0950. The Kier molecular flexibility index (Phi) is 6.15. The first-order valence-electron chi connectivity index (χ1n) is 8.87. The van der Waals surface area contributed by atoms with Gasteiger partial charge in [-0.25, -0.2) is 4.39 Å². The summed E-state index contributed by atoms with van der Waals surface area (Å²) in [6.07, 6.45) is 6.42. The van der Waals surface area contributed by atoms with Gasteiger partial charge >= 0.3 is 0 Å². The van der Waals surface area contributed by atoms with Crippen LogP contribution in [-0.4, -0.2) is 17.5 Å². The zero-order chi connectivity index (χ0) is 19.1. The molecule has 138 valence electrons. The predicted octanol–water partition coefficient (Wildman–Crippen LogP) is 4.65. The van der Waals surface area contributed by atoms with Gasteiger partial charge in [-0.15, -0.1) is 0 Å². The molecule has 1 heterocycles. The maximum absolute atomic E-state index is 14.5. The highest BCUT2D eigenvalue weighted by molar-refractivity contribution is 5.97. The summed E-state index contributed by atoms with van der Waals surface area (Å²) >= 11 is 0. The van der Waals surface area contributed by atoms with Crippen LogP contribution in [0.15, 0.2) is 66.9 Å². The minimum absolute atomic E-state index is 0.0811. The number of ether oxygens (including phenoxy) is 1. The molecule has 5 heteroatoms. The first kappa shape index (κ1) is 18.6. The molecule has 0 aliphatic rings. The van der Waals surface area contributed by atoms with Crippen LogP contribution >= 0.6 is 0 Å². The van der Waals surface area contributed by atoms with Crippen molar-refractivity contribution in [1.82, 2.24) is 10.3 Å². The summed E-state index contributed by atoms with van der Waals surface area (Å²) in [7, 11) is 0. The highest BCUT2D eigenvalue weighted by Crippen LogP contribution is 2.21. The summed E-state index contributed by atoms with van der Waals surface area (Å²) in [6, 6.07) is 13.9. The first-order valence-corrected chi connectivity index (χ1v) is 8.87. The maximum Gasteiger partial charge on any atom is 0.251 e. The predicted molar refractivity (Wildman–Crippen MR) is 104 cm³/mol. The number of halogens is 1. The van der Waals surface area contributed by atoms with Gasteiger partial charge in [0, 0.05) is 29.3 Å². The van der Waals surface area contributed by atoms with Crippen molar-refractivity contribution in [2.24, 2.45) is 0 Å². The normalized spacial score (nSPS) is 11.0. The SMILES string of the molecule is CC/C=C/COc1cccc(CNC(=O)c2ccc3ncccc3c2)c1F. The molecule has 0 fully saturated rings. The lowest BCUT2D eigenvalue weighted by Crippen LogP contribution is -2.23. The van der Waals surface area contributed by atoms with Gasteiger partial charge in [0.25, 0.3) is 5.91 Å². The van der Waals surface area contributed by atoms with Crippen LogP contribution in [-0.2, 0) is 6.54 Å². The average molecular weight is 364 g/mol. The van der Waals surface area contributed by atoms with Crippen LogP contribution in [0.3, 0.4) is 0 Å². The molecular formula is C22H21FN2O2. The smallest absolute Gasteiger partial charge is 0.251 e. The van der Waals surface area contributed by atoms with Crippen LogP contribution in [0.5, 0.6) is 5.75 Å². The summed E-state index contributed by atoms with van der Waals surface area (Å²) in [4.78, 5) is 16.6. The van der Waals surface area contributed by atoms with Crippen molar-refractivity contribution in [2.75, 3.05) is 6.61 Å². The Hall–Kier alpha value is -3.21. The van der Waals surface area contributed by atoms with Crippen molar-refractivity contribution in [1.29, 1.82) is 0 Å². The average Bonchev–Trinajstić information content (AvgIpc) is 2.70. The van der Waals surface area contributed by atoms with Gasteiger partial charge in [0.05, 0.1) is 5.52 Å². The molecule has 3 rings (SSSR count). The van der Waals surface area contributed by atoms with Crippen LogP contribution in [0.4, 0.5) is 4.39 Å². The molecule has 0 bridgehead atoms. The summed E-state index contributed by atoms with van der Waals surface area (Å²) in [5.41, 5.74) is 1.71. The molecule has 0 saturated heterocycles. The summed E-state index contributed by atoms with van der Waals surface area (Å²) < 4.78 is 20.0. The summed E-state index contributed by atoms with van der Waals surface area (Å²) in [5, 5.41) is 3.64. The van der Waals surface area contributed by atoms with E-state index in [0.717, 1.165) is 17.3 Å². The van der Waals surface area contributed by atoms with Gasteiger partial charge in [-0.3, -0.25) is 9.78 Å². The standard InChI is InChI=1S/C22H21FN2O2/c1-2-3-4-13-27-20-9-5-7-18(21(20)23)15-25-22(26)17-10-11-19-16(14-17)8-6-12-24-19/h3-12,14H,2,13,15H2,1H3,(H,25,26)/b4-3+. The maximum atomic E-state index is 14.5. The first-order chi connectivity index (χ1) is 13.2. The fraction of sp³-hybridized carbons (Fsp3) is 0.182. The number of carbonyl (C=O) groups is 1. The molecule has 2 aromatic carbocycles. The fourth-order valence-electron chi connectivity index (χ4n) is 2.67. The largest absolute Gasteiger partial charge is 0.486 e. The van der Waals surface area contributed by atoms with E-state index in [0.29, 0.717) is 17.7 Å². The molecule has 0 spiro atoms. The lowest BCUT2D eigenvalue weighted by Gasteiger charge is -2.10. The Morgan fingerprint density at radius 3 is 2.93 bits per heavy atom. The van der Waals surface area contributed by atoms with Crippen molar-refractivity contribution in [3.63, 3.8) is 0 Å². The third-order valence-corrected chi connectivity index (χ3v) is 4.09. The quantitative estimate of drug-likeness (QED) is 0.621. The van der Waals surface area contributed by atoms with Crippen molar-refractivity contribution in [3.05, 3.63) is 83.8 Å². The van der Waals surface area contributed by atoms with E-state index in [9.17, 15) is 9.18 Å². The number of pyridine rings is 1. The van der Waals surface area contributed by atoms with Crippen molar-refractivity contribution in [3.8, 4) is 5.75 Å². The second kappa shape index (κ2) is 8.94. The number of fused-ring (bicyclic) bond motifs is 1. The molecule has 0 radical (unpaired) electrons. The van der Waals surface area contributed by atoms with Gasteiger partial charge in [-0.05, 0) is 36.8 Å². The van der Waals surface area contributed by atoms with Crippen molar-refractivity contribution >= 4 is 16.8 Å². The van der Waals surface area contributed by atoms with E-state index in [4.69, 9.17) is 4.74 Å². The molecule has 0 aliphatic heterocycles. The molecule has 0 saturated carbocycles. The van der Waals surface area contributed by atoms with Crippen molar-refractivity contribution in [2.45, 2.75) is 19.9 Å². The van der Waals surface area contributed by atoms with Gasteiger partial charge in [0.1, 0.15) is 6.61 Å². The lowest BCUT2D eigenvalue weighted by atomic mass is 10.1. The van der Waals surface area contributed by atoms with Crippen LogP contribution in [0.2, 0.25) is 0 Å². The Morgan fingerprint density at radius 2 is 2.07 bits per heavy atom. The molecule has 27 heavy (non-hydrogen) atoms. The molecule has 4 nitrogen and oxygen atoms in total. The van der Waals surface area contributed by atoms with E-state index in [1.807, 2.05) is 31.2 Å². The molecular weight excluding hydrogens is 343 g/mol. The van der Waals surface area contributed by atoms with Gasteiger partial charge in [0.2, 0.25) is 0 Å². The van der Waals surface area contributed by atoms with Gasteiger partial charge in [0.15, 0.2) is 11.6 Å².